The fourth-order valence-electron chi connectivity index (χ4n) is 4.59. The summed E-state index contributed by atoms with van der Waals surface area (Å²) in [6.45, 7) is 25.6. The van der Waals surface area contributed by atoms with E-state index in [-0.39, 0.29) is 11.3 Å². The minimum Gasteiger partial charge on any atom is -0.507 e. The molecule has 0 atom stereocenters. The number of hydrogen-bond acceptors (Lipinski definition) is 4. The molecule has 0 saturated carbocycles. The van der Waals surface area contributed by atoms with Gasteiger partial charge in [-0.1, -0.05) is 83.1 Å². The van der Waals surface area contributed by atoms with Gasteiger partial charge in [0.2, 0.25) is 0 Å². The van der Waals surface area contributed by atoms with E-state index in [1.807, 2.05) is 83.1 Å². The van der Waals surface area contributed by atoms with Crippen molar-refractivity contribution in [3.63, 3.8) is 0 Å². The number of phenolic OH excluding ortho intramolecular Hbond substituents is 1. The van der Waals surface area contributed by atoms with Crippen molar-refractivity contribution in [1.29, 1.82) is 0 Å². The standard InChI is InChI=1S/C31H44O5/c1-17-19(26(33)34)16-22(30(8,9)10)25(23(17)31(11,12)13)36-27(35)18-14-20(28(2,3)4)24(32)21(15-18)29(5,6)7/h14-16,32H,1-13H3,(H,33,34). The molecule has 2 rings (SSSR count). The van der Waals surface area contributed by atoms with Crippen LogP contribution in [0.3, 0.4) is 0 Å². The topological polar surface area (TPSA) is 83.8 Å². The number of rotatable bonds is 3. The van der Waals surface area contributed by atoms with E-state index in [1.165, 1.54) is 0 Å². The lowest BCUT2D eigenvalue weighted by molar-refractivity contribution is 0.0695. The molecule has 5 heteroatoms. The number of phenols is 1. The van der Waals surface area contributed by atoms with Gasteiger partial charge in [-0.25, -0.2) is 9.59 Å². The lowest BCUT2D eigenvalue weighted by atomic mass is 9.76. The number of ether oxygens (including phenoxy) is 1. The zero-order chi connectivity index (χ0) is 28.2. The van der Waals surface area contributed by atoms with Gasteiger partial charge in [0.1, 0.15) is 11.5 Å². The second kappa shape index (κ2) is 9.24. The zero-order valence-corrected chi connectivity index (χ0v) is 24.4. The van der Waals surface area contributed by atoms with Gasteiger partial charge in [-0.3, -0.25) is 0 Å². The fraction of sp³-hybridized carbons (Fsp3) is 0.548. The Morgan fingerprint density at radius 3 is 1.44 bits per heavy atom. The summed E-state index contributed by atoms with van der Waals surface area (Å²) in [7, 11) is 0. The van der Waals surface area contributed by atoms with Crippen molar-refractivity contribution in [3.8, 4) is 11.5 Å². The molecule has 0 unspecified atom stereocenters. The molecule has 2 N–H and O–H groups in total. The van der Waals surface area contributed by atoms with Crippen molar-refractivity contribution in [1.82, 2.24) is 0 Å². The quantitative estimate of drug-likeness (QED) is 0.334. The van der Waals surface area contributed by atoms with Gasteiger partial charge in [-0.05, 0) is 52.3 Å². The molecule has 0 saturated heterocycles. The molecule has 0 aromatic heterocycles. The van der Waals surface area contributed by atoms with Crippen LogP contribution in [0.25, 0.3) is 0 Å². The van der Waals surface area contributed by atoms with Gasteiger partial charge in [0.15, 0.2) is 0 Å². The minimum absolute atomic E-state index is 0.193. The van der Waals surface area contributed by atoms with E-state index in [4.69, 9.17) is 4.74 Å². The molecule has 36 heavy (non-hydrogen) atoms. The number of esters is 1. The largest absolute Gasteiger partial charge is 0.507 e. The molecule has 0 amide bonds. The first kappa shape index (κ1) is 29.4. The van der Waals surface area contributed by atoms with E-state index in [0.29, 0.717) is 39.1 Å². The van der Waals surface area contributed by atoms with Gasteiger partial charge in [0.05, 0.1) is 11.1 Å². The Morgan fingerprint density at radius 1 is 0.694 bits per heavy atom. The average molecular weight is 497 g/mol. The number of aromatic carboxylic acids is 1. The first-order valence-corrected chi connectivity index (χ1v) is 12.5. The third-order valence-electron chi connectivity index (χ3n) is 6.48. The highest BCUT2D eigenvalue weighted by Crippen LogP contribution is 2.44. The molecule has 0 aliphatic heterocycles. The van der Waals surface area contributed by atoms with E-state index in [9.17, 15) is 19.8 Å². The third kappa shape index (κ3) is 5.93. The van der Waals surface area contributed by atoms with Gasteiger partial charge in [-0.15, -0.1) is 0 Å². The summed E-state index contributed by atoms with van der Waals surface area (Å²) < 4.78 is 6.19. The van der Waals surface area contributed by atoms with Crippen LogP contribution in [0.4, 0.5) is 0 Å². The van der Waals surface area contributed by atoms with Crippen LogP contribution in [0.15, 0.2) is 18.2 Å². The number of hydrogen-bond donors (Lipinski definition) is 2. The highest BCUT2D eigenvalue weighted by atomic mass is 16.5. The lowest BCUT2D eigenvalue weighted by Gasteiger charge is -2.32. The van der Waals surface area contributed by atoms with Crippen molar-refractivity contribution in [2.75, 3.05) is 0 Å². The van der Waals surface area contributed by atoms with E-state index >= 15 is 0 Å². The number of carboxylic acids is 1. The second-order valence-electron chi connectivity index (χ2n) is 13.9. The van der Waals surface area contributed by atoms with Crippen LogP contribution in [0.1, 0.15) is 132 Å². The highest BCUT2D eigenvalue weighted by Gasteiger charge is 2.34. The van der Waals surface area contributed by atoms with Crippen LogP contribution < -0.4 is 4.74 Å². The molecule has 0 heterocycles. The molecule has 5 nitrogen and oxygen atoms in total. The van der Waals surface area contributed by atoms with Crippen LogP contribution in [0.5, 0.6) is 11.5 Å². The lowest BCUT2D eigenvalue weighted by Crippen LogP contribution is -2.25. The van der Waals surface area contributed by atoms with Crippen LogP contribution in [0.2, 0.25) is 0 Å². The van der Waals surface area contributed by atoms with Crippen molar-refractivity contribution in [2.24, 2.45) is 0 Å². The van der Waals surface area contributed by atoms with E-state index in [0.717, 1.165) is 0 Å². The molecule has 2 aromatic carbocycles. The van der Waals surface area contributed by atoms with Crippen molar-refractivity contribution < 1.29 is 24.5 Å². The molecular weight excluding hydrogens is 452 g/mol. The second-order valence-corrected chi connectivity index (χ2v) is 13.9. The Bertz CT molecular complexity index is 1150. The minimum atomic E-state index is -1.01. The van der Waals surface area contributed by atoms with Gasteiger partial charge < -0.3 is 14.9 Å². The predicted octanol–water partition coefficient (Wildman–Crippen LogP) is 7.81. The van der Waals surface area contributed by atoms with Crippen molar-refractivity contribution in [2.45, 2.75) is 112 Å². The van der Waals surface area contributed by atoms with E-state index < -0.39 is 33.6 Å². The molecule has 198 valence electrons. The zero-order valence-electron chi connectivity index (χ0n) is 24.4. The molecule has 0 bridgehead atoms. The Balaban J connectivity index is 2.88. The third-order valence-corrected chi connectivity index (χ3v) is 6.48. The summed E-state index contributed by atoms with van der Waals surface area (Å²) in [5, 5.41) is 21.0. The summed E-state index contributed by atoms with van der Waals surface area (Å²) in [6.07, 6.45) is 0. The summed E-state index contributed by atoms with van der Waals surface area (Å²) in [6, 6.07) is 5.05. The predicted molar refractivity (Wildman–Crippen MR) is 146 cm³/mol. The smallest absolute Gasteiger partial charge is 0.343 e. The Hall–Kier alpha value is -2.82. The van der Waals surface area contributed by atoms with Crippen LogP contribution in [0, 0.1) is 6.92 Å². The highest BCUT2D eigenvalue weighted by molar-refractivity contribution is 5.94. The van der Waals surface area contributed by atoms with Crippen molar-refractivity contribution in [3.05, 3.63) is 57.1 Å². The molecule has 2 aromatic rings. The number of carbonyl (C=O) groups is 2. The summed E-state index contributed by atoms with van der Waals surface area (Å²) >= 11 is 0. The van der Waals surface area contributed by atoms with Gasteiger partial charge in [0.25, 0.3) is 0 Å². The van der Waals surface area contributed by atoms with Gasteiger partial charge >= 0.3 is 11.9 Å². The SMILES string of the molecule is Cc1c(C(=O)O)cc(C(C)(C)C)c(OC(=O)c2cc(C(C)(C)C)c(O)c(C(C)(C)C)c2)c1C(C)(C)C. The first-order chi connectivity index (χ1) is 16.0. The normalized spacial score (nSPS) is 13.0. The molecule has 0 spiro atoms. The fourth-order valence-corrected chi connectivity index (χ4v) is 4.59. The maximum Gasteiger partial charge on any atom is 0.343 e. The van der Waals surface area contributed by atoms with E-state index in [2.05, 4.69) is 0 Å². The first-order valence-electron chi connectivity index (χ1n) is 12.5. The average Bonchev–Trinajstić information content (AvgIpc) is 2.63. The number of benzene rings is 2. The molecule has 0 aliphatic rings. The Morgan fingerprint density at radius 2 is 1.11 bits per heavy atom. The van der Waals surface area contributed by atoms with Crippen LogP contribution >= 0.6 is 0 Å². The van der Waals surface area contributed by atoms with Gasteiger partial charge in [0, 0.05) is 22.3 Å². The maximum absolute atomic E-state index is 13.8. The molecular formula is C31H44O5. The van der Waals surface area contributed by atoms with E-state index in [1.54, 1.807) is 25.1 Å². The summed E-state index contributed by atoms with van der Waals surface area (Å²) in [5.74, 6) is -0.946. The monoisotopic (exact) mass is 496 g/mol. The molecule has 0 fully saturated rings. The summed E-state index contributed by atoms with van der Waals surface area (Å²) in [4.78, 5) is 25.9. The van der Waals surface area contributed by atoms with Crippen molar-refractivity contribution >= 4 is 11.9 Å². The Labute approximate surface area is 216 Å². The number of carboxylic acid groups (broad SMARTS) is 1. The maximum atomic E-state index is 13.8. The Kier molecular flexibility index (Phi) is 7.55. The number of carbonyl (C=O) groups excluding carboxylic acids is 1. The van der Waals surface area contributed by atoms with Crippen LogP contribution in [-0.4, -0.2) is 22.2 Å². The summed E-state index contributed by atoms with van der Waals surface area (Å²) in [5.41, 5.74) is 2.10. The number of aromatic hydroxyl groups is 1. The van der Waals surface area contributed by atoms with Crippen LogP contribution in [-0.2, 0) is 21.7 Å². The molecule has 0 aliphatic carbocycles. The van der Waals surface area contributed by atoms with Gasteiger partial charge in [-0.2, -0.15) is 0 Å². The molecule has 0 radical (unpaired) electrons.